The number of carbonyl (C=O) groups is 1. The first-order valence-corrected chi connectivity index (χ1v) is 10.2. The topological polar surface area (TPSA) is 88.2 Å². The van der Waals surface area contributed by atoms with E-state index >= 15 is 0 Å². The van der Waals surface area contributed by atoms with Crippen molar-refractivity contribution in [3.05, 3.63) is 82.0 Å². The van der Waals surface area contributed by atoms with Gasteiger partial charge in [0, 0.05) is 37.1 Å². The van der Waals surface area contributed by atoms with E-state index in [-0.39, 0.29) is 11.5 Å². The standard InChI is InChI=1S/C23H22N4O3/c28-19-7-6-18(15-24-19)22(29)27-11-9-23(10-12-27)20-17(8-13-30-23)14-25-21(26-20)16-4-2-1-3-5-16/h1-7,14-15H,8-13H2,(H,24,28). The number of aromatic nitrogens is 3. The Bertz CT molecular complexity index is 1110. The van der Waals surface area contributed by atoms with E-state index in [4.69, 9.17) is 9.72 Å². The monoisotopic (exact) mass is 402 g/mol. The lowest BCUT2D eigenvalue weighted by Crippen LogP contribution is -2.49. The maximum atomic E-state index is 12.8. The van der Waals surface area contributed by atoms with Crippen LogP contribution in [0.3, 0.4) is 0 Å². The lowest BCUT2D eigenvalue weighted by Gasteiger charge is -2.44. The molecule has 1 aromatic carbocycles. The molecule has 2 aromatic heterocycles. The summed E-state index contributed by atoms with van der Waals surface area (Å²) in [4.78, 5) is 37.9. The second-order valence-corrected chi connectivity index (χ2v) is 7.76. The number of piperidine rings is 1. The van der Waals surface area contributed by atoms with Crippen molar-refractivity contribution in [2.24, 2.45) is 0 Å². The third kappa shape index (κ3) is 3.31. The van der Waals surface area contributed by atoms with Crippen LogP contribution in [0.4, 0.5) is 0 Å². The number of nitrogens with zero attached hydrogens (tertiary/aromatic N) is 3. The van der Waals surface area contributed by atoms with Gasteiger partial charge in [-0.2, -0.15) is 0 Å². The van der Waals surface area contributed by atoms with Crippen molar-refractivity contribution >= 4 is 5.91 Å². The van der Waals surface area contributed by atoms with E-state index in [0.29, 0.717) is 43.9 Å². The summed E-state index contributed by atoms with van der Waals surface area (Å²) in [7, 11) is 0. The fraction of sp³-hybridized carbons (Fsp3) is 0.304. The Morgan fingerprint density at radius 1 is 1.10 bits per heavy atom. The number of rotatable bonds is 2. The summed E-state index contributed by atoms with van der Waals surface area (Å²) in [5.41, 5.74) is 2.85. The summed E-state index contributed by atoms with van der Waals surface area (Å²) in [6, 6.07) is 12.9. The number of hydrogen-bond donors (Lipinski definition) is 1. The molecular formula is C23H22N4O3. The molecule has 0 radical (unpaired) electrons. The maximum absolute atomic E-state index is 12.8. The highest BCUT2D eigenvalue weighted by Gasteiger charge is 2.43. The number of fused-ring (bicyclic) bond motifs is 2. The van der Waals surface area contributed by atoms with Gasteiger partial charge in [-0.1, -0.05) is 30.3 Å². The number of nitrogens with one attached hydrogen (secondary N) is 1. The summed E-state index contributed by atoms with van der Waals surface area (Å²) < 4.78 is 6.30. The minimum Gasteiger partial charge on any atom is -0.368 e. The molecule has 0 aliphatic carbocycles. The van der Waals surface area contributed by atoms with E-state index in [9.17, 15) is 9.59 Å². The number of hydrogen-bond acceptors (Lipinski definition) is 5. The number of ether oxygens (including phenoxy) is 1. The van der Waals surface area contributed by atoms with Crippen LogP contribution in [0, 0.1) is 0 Å². The summed E-state index contributed by atoms with van der Waals surface area (Å²) in [5, 5.41) is 0. The molecular weight excluding hydrogens is 380 g/mol. The molecule has 1 amide bonds. The van der Waals surface area contributed by atoms with Crippen molar-refractivity contribution in [2.75, 3.05) is 19.7 Å². The van der Waals surface area contributed by atoms with Crippen LogP contribution < -0.4 is 5.56 Å². The average molecular weight is 402 g/mol. The Kier molecular flexibility index (Phi) is 4.67. The summed E-state index contributed by atoms with van der Waals surface area (Å²) in [6.07, 6.45) is 5.56. The summed E-state index contributed by atoms with van der Waals surface area (Å²) in [5.74, 6) is 0.621. The molecule has 7 nitrogen and oxygen atoms in total. The Morgan fingerprint density at radius 2 is 1.90 bits per heavy atom. The quantitative estimate of drug-likeness (QED) is 0.712. The van der Waals surface area contributed by atoms with Crippen LogP contribution in [0.25, 0.3) is 11.4 Å². The van der Waals surface area contributed by atoms with Gasteiger partial charge in [-0.25, -0.2) is 9.97 Å². The zero-order valence-corrected chi connectivity index (χ0v) is 16.5. The van der Waals surface area contributed by atoms with Crippen LogP contribution in [0.2, 0.25) is 0 Å². The van der Waals surface area contributed by atoms with Crippen LogP contribution >= 0.6 is 0 Å². The molecule has 1 spiro atoms. The molecule has 1 fully saturated rings. The van der Waals surface area contributed by atoms with Crippen molar-refractivity contribution in [1.82, 2.24) is 19.9 Å². The first-order chi connectivity index (χ1) is 14.6. The van der Waals surface area contributed by atoms with Crippen molar-refractivity contribution < 1.29 is 9.53 Å². The minimum absolute atomic E-state index is 0.0789. The molecule has 2 aliphatic rings. The number of amides is 1. The number of likely N-dealkylation sites (tertiary alicyclic amines) is 1. The number of benzene rings is 1. The van der Waals surface area contributed by atoms with Crippen LogP contribution in [0.1, 0.15) is 34.5 Å². The highest BCUT2D eigenvalue weighted by molar-refractivity contribution is 5.93. The average Bonchev–Trinajstić information content (AvgIpc) is 2.80. The Morgan fingerprint density at radius 3 is 2.63 bits per heavy atom. The molecule has 2 aliphatic heterocycles. The number of carbonyl (C=O) groups excluding carboxylic acids is 1. The molecule has 0 bridgehead atoms. The van der Waals surface area contributed by atoms with Crippen LogP contribution in [0.15, 0.2) is 59.7 Å². The van der Waals surface area contributed by atoms with Crippen LogP contribution in [0.5, 0.6) is 0 Å². The van der Waals surface area contributed by atoms with Crippen molar-refractivity contribution in [1.29, 1.82) is 0 Å². The van der Waals surface area contributed by atoms with E-state index in [2.05, 4.69) is 9.97 Å². The van der Waals surface area contributed by atoms with Gasteiger partial charge in [-0.3, -0.25) is 9.59 Å². The molecule has 0 saturated carbocycles. The van der Waals surface area contributed by atoms with Crippen molar-refractivity contribution in [3.8, 4) is 11.4 Å². The summed E-state index contributed by atoms with van der Waals surface area (Å²) >= 11 is 0. The molecule has 30 heavy (non-hydrogen) atoms. The van der Waals surface area contributed by atoms with Crippen LogP contribution in [-0.4, -0.2) is 45.5 Å². The Balaban J connectivity index is 1.40. The van der Waals surface area contributed by atoms with Gasteiger partial charge in [-0.05, 0) is 30.9 Å². The van der Waals surface area contributed by atoms with Gasteiger partial charge in [-0.15, -0.1) is 0 Å². The highest BCUT2D eigenvalue weighted by Crippen LogP contribution is 2.41. The van der Waals surface area contributed by atoms with Gasteiger partial charge in [0.25, 0.3) is 5.91 Å². The van der Waals surface area contributed by atoms with E-state index in [0.717, 1.165) is 23.2 Å². The molecule has 0 atom stereocenters. The van der Waals surface area contributed by atoms with E-state index in [1.54, 1.807) is 6.07 Å². The van der Waals surface area contributed by atoms with Gasteiger partial charge in [0.05, 0.1) is 17.9 Å². The van der Waals surface area contributed by atoms with Gasteiger partial charge >= 0.3 is 0 Å². The zero-order chi connectivity index (χ0) is 20.6. The lowest BCUT2D eigenvalue weighted by atomic mass is 9.83. The third-order valence-corrected chi connectivity index (χ3v) is 5.97. The highest BCUT2D eigenvalue weighted by atomic mass is 16.5. The molecule has 1 N–H and O–H groups in total. The van der Waals surface area contributed by atoms with Crippen molar-refractivity contribution in [2.45, 2.75) is 24.9 Å². The summed E-state index contributed by atoms with van der Waals surface area (Å²) in [6.45, 7) is 1.78. The van der Waals surface area contributed by atoms with E-state index in [1.165, 1.54) is 12.3 Å². The number of pyridine rings is 1. The van der Waals surface area contributed by atoms with E-state index < -0.39 is 5.60 Å². The molecule has 5 rings (SSSR count). The second kappa shape index (κ2) is 7.50. The fourth-order valence-electron chi connectivity index (χ4n) is 4.31. The first kappa shape index (κ1) is 18.7. The second-order valence-electron chi connectivity index (χ2n) is 7.76. The molecule has 4 heterocycles. The van der Waals surface area contributed by atoms with Gasteiger partial charge in [0.1, 0.15) is 5.60 Å². The molecule has 7 heteroatoms. The number of H-pyrrole nitrogens is 1. The normalized spacial score (nSPS) is 17.5. The largest absolute Gasteiger partial charge is 0.368 e. The SMILES string of the molecule is O=C(c1ccc(=O)[nH]c1)N1CCC2(CC1)OCCc1cnc(-c3ccccc3)nc12. The predicted molar refractivity (Wildman–Crippen MR) is 111 cm³/mol. The molecule has 1 saturated heterocycles. The van der Waals surface area contributed by atoms with Gasteiger partial charge in [0.15, 0.2) is 5.82 Å². The van der Waals surface area contributed by atoms with Crippen LogP contribution in [-0.2, 0) is 16.8 Å². The van der Waals surface area contributed by atoms with Crippen molar-refractivity contribution in [3.63, 3.8) is 0 Å². The van der Waals surface area contributed by atoms with Gasteiger partial charge < -0.3 is 14.6 Å². The smallest absolute Gasteiger partial charge is 0.255 e. The molecule has 3 aromatic rings. The predicted octanol–water partition coefficient (Wildman–Crippen LogP) is 2.54. The minimum atomic E-state index is -0.484. The molecule has 152 valence electrons. The maximum Gasteiger partial charge on any atom is 0.255 e. The number of aromatic amines is 1. The Hall–Kier alpha value is -3.32. The third-order valence-electron chi connectivity index (χ3n) is 5.97. The fourth-order valence-corrected chi connectivity index (χ4v) is 4.31. The van der Waals surface area contributed by atoms with Gasteiger partial charge in [0.2, 0.25) is 5.56 Å². The Labute approximate surface area is 173 Å². The lowest BCUT2D eigenvalue weighted by molar-refractivity contribution is -0.0967. The zero-order valence-electron chi connectivity index (χ0n) is 16.5. The first-order valence-electron chi connectivity index (χ1n) is 10.2. The van der Waals surface area contributed by atoms with E-state index in [1.807, 2.05) is 41.4 Å². The molecule has 0 unspecified atom stereocenters.